The largest absolute Gasteiger partial charge is 0.393 e. The molecule has 1 heterocycles. The first-order chi connectivity index (χ1) is 9.94. The van der Waals surface area contributed by atoms with Crippen molar-refractivity contribution in [3.05, 3.63) is 46.7 Å². The minimum absolute atomic E-state index is 0.0722. The number of benzene rings is 1. The average Bonchev–Trinajstić information content (AvgIpc) is 2.90. The summed E-state index contributed by atoms with van der Waals surface area (Å²) in [6, 6.07) is 7.96. The summed E-state index contributed by atoms with van der Waals surface area (Å²) < 4.78 is 0. The zero-order valence-electron chi connectivity index (χ0n) is 12.5. The second kappa shape index (κ2) is 7.05. The third-order valence-electron chi connectivity index (χ3n) is 3.70. The summed E-state index contributed by atoms with van der Waals surface area (Å²) in [7, 11) is 0. The summed E-state index contributed by atoms with van der Waals surface area (Å²) in [4.78, 5) is 0. The van der Waals surface area contributed by atoms with Gasteiger partial charge in [-0.1, -0.05) is 37.6 Å². The van der Waals surface area contributed by atoms with E-state index in [-0.39, 0.29) is 5.41 Å². The molecule has 1 aromatic carbocycles. The molecule has 0 saturated heterocycles. The predicted octanol–water partition coefficient (Wildman–Crippen LogP) is 3.41. The van der Waals surface area contributed by atoms with Crippen LogP contribution < -0.4 is 0 Å². The van der Waals surface area contributed by atoms with Gasteiger partial charge in [-0.25, -0.2) is 0 Å². The van der Waals surface area contributed by atoms with Gasteiger partial charge in [0.25, 0.3) is 0 Å². The van der Waals surface area contributed by atoms with Gasteiger partial charge in [0.1, 0.15) is 0 Å². The lowest BCUT2D eigenvalue weighted by molar-refractivity contribution is 0.109. The van der Waals surface area contributed by atoms with Crippen molar-refractivity contribution in [3.8, 4) is 0 Å². The van der Waals surface area contributed by atoms with E-state index < -0.39 is 6.10 Å². The monoisotopic (exact) mass is 307 g/mol. The van der Waals surface area contributed by atoms with E-state index in [0.29, 0.717) is 6.42 Å². The number of aryl methyl sites for hydroxylation is 1. The van der Waals surface area contributed by atoms with Crippen LogP contribution in [-0.4, -0.2) is 26.6 Å². The number of aromatic nitrogens is 3. The van der Waals surface area contributed by atoms with E-state index in [2.05, 4.69) is 41.4 Å². The minimum atomic E-state index is -0.393. The maximum atomic E-state index is 10.2. The lowest BCUT2D eigenvalue weighted by atomic mass is 9.80. The molecule has 0 fully saturated rings. The predicted molar refractivity (Wildman–Crippen MR) is 84.3 cm³/mol. The topological polar surface area (TPSA) is 61.8 Å². The van der Waals surface area contributed by atoms with Crippen molar-refractivity contribution in [1.29, 1.82) is 0 Å². The summed E-state index contributed by atoms with van der Waals surface area (Å²) >= 11 is 5.89. The van der Waals surface area contributed by atoms with Gasteiger partial charge in [0, 0.05) is 11.4 Å². The standard InChI is InChI=1S/C16H22ClN3O/c1-16(2,8-7-12-3-5-13(17)6-4-12)10-15(21)9-14-11-18-20-19-14/h3-6,11,15,21H,7-10H2,1-2H3,(H,18,19,20). The summed E-state index contributed by atoms with van der Waals surface area (Å²) in [5.74, 6) is 0. The first-order valence-electron chi connectivity index (χ1n) is 7.22. The van der Waals surface area contributed by atoms with Gasteiger partial charge in [0.2, 0.25) is 0 Å². The van der Waals surface area contributed by atoms with Crippen molar-refractivity contribution in [1.82, 2.24) is 15.4 Å². The molecular weight excluding hydrogens is 286 g/mol. The van der Waals surface area contributed by atoms with Crippen molar-refractivity contribution in [2.45, 2.75) is 45.6 Å². The molecule has 0 saturated carbocycles. The number of rotatable bonds is 7. The third-order valence-corrected chi connectivity index (χ3v) is 3.95. The molecule has 21 heavy (non-hydrogen) atoms. The fraction of sp³-hybridized carbons (Fsp3) is 0.500. The van der Waals surface area contributed by atoms with Gasteiger partial charge in [0.05, 0.1) is 18.0 Å². The van der Waals surface area contributed by atoms with Crippen molar-refractivity contribution >= 4 is 11.6 Å². The van der Waals surface area contributed by atoms with Gasteiger partial charge in [-0.15, -0.1) is 0 Å². The van der Waals surface area contributed by atoms with E-state index in [9.17, 15) is 5.11 Å². The zero-order valence-corrected chi connectivity index (χ0v) is 13.3. The van der Waals surface area contributed by atoms with E-state index in [1.54, 1.807) is 6.20 Å². The molecule has 4 nitrogen and oxygen atoms in total. The summed E-state index contributed by atoms with van der Waals surface area (Å²) in [5, 5.41) is 21.3. The number of aliphatic hydroxyl groups excluding tert-OH is 1. The fourth-order valence-corrected chi connectivity index (χ4v) is 2.64. The van der Waals surface area contributed by atoms with Crippen molar-refractivity contribution in [3.63, 3.8) is 0 Å². The Morgan fingerprint density at radius 3 is 2.62 bits per heavy atom. The van der Waals surface area contributed by atoms with Crippen LogP contribution in [0.5, 0.6) is 0 Å². The van der Waals surface area contributed by atoms with Crippen LogP contribution in [0.3, 0.4) is 0 Å². The summed E-state index contributed by atoms with van der Waals surface area (Å²) in [6.45, 7) is 4.38. The average molecular weight is 308 g/mol. The van der Waals surface area contributed by atoms with Crippen molar-refractivity contribution in [2.75, 3.05) is 0 Å². The normalized spacial score (nSPS) is 13.3. The summed E-state index contributed by atoms with van der Waals surface area (Å²) in [5.41, 5.74) is 2.15. The second-order valence-electron chi connectivity index (χ2n) is 6.31. The van der Waals surface area contributed by atoms with E-state index in [1.165, 1.54) is 5.56 Å². The van der Waals surface area contributed by atoms with E-state index in [4.69, 9.17) is 11.6 Å². The minimum Gasteiger partial charge on any atom is -0.393 e. The number of halogens is 1. The molecule has 0 bridgehead atoms. The number of aromatic amines is 1. The van der Waals surface area contributed by atoms with Crippen molar-refractivity contribution in [2.24, 2.45) is 5.41 Å². The number of aliphatic hydroxyl groups is 1. The van der Waals surface area contributed by atoms with Crippen LogP contribution in [0.1, 0.15) is 37.9 Å². The number of hydrogen-bond acceptors (Lipinski definition) is 3. The highest BCUT2D eigenvalue weighted by Crippen LogP contribution is 2.29. The highest BCUT2D eigenvalue weighted by atomic mass is 35.5. The molecule has 0 aliphatic carbocycles. The molecule has 0 radical (unpaired) electrons. The first-order valence-corrected chi connectivity index (χ1v) is 7.59. The quantitative estimate of drug-likeness (QED) is 0.824. The van der Waals surface area contributed by atoms with Gasteiger partial charge >= 0.3 is 0 Å². The van der Waals surface area contributed by atoms with Crippen LogP contribution in [0.4, 0.5) is 0 Å². The van der Waals surface area contributed by atoms with Crippen LogP contribution in [0.15, 0.2) is 30.5 Å². The van der Waals surface area contributed by atoms with Crippen LogP contribution in [0.25, 0.3) is 0 Å². The van der Waals surface area contributed by atoms with Gasteiger partial charge in [0.15, 0.2) is 0 Å². The molecule has 0 aliphatic rings. The Hall–Kier alpha value is -1.39. The first kappa shape index (κ1) is 16.0. The Labute approximate surface area is 130 Å². The number of nitrogens with one attached hydrogen (secondary N) is 1. The molecule has 0 aliphatic heterocycles. The van der Waals surface area contributed by atoms with E-state index in [0.717, 1.165) is 30.0 Å². The summed E-state index contributed by atoms with van der Waals surface area (Å²) in [6.07, 6.45) is 4.55. The Balaban J connectivity index is 1.81. The van der Waals surface area contributed by atoms with Gasteiger partial charge < -0.3 is 5.11 Å². The molecule has 2 N–H and O–H groups in total. The smallest absolute Gasteiger partial charge is 0.0850 e. The molecule has 2 rings (SSSR count). The third kappa shape index (κ3) is 5.48. The molecule has 5 heteroatoms. The molecule has 1 atom stereocenters. The molecule has 114 valence electrons. The van der Waals surface area contributed by atoms with Gasteiger partial charge in [-0.3, -0.25) is 0 Å². The molecule has 1 unspecified atom stereocenters. The molecule has 0 spiro atoms. The molecular formula is C16H22ClN3O. The van der Waals surface area contributed by atoms with Crippen LogP contribution in [0, 0.1) is 5.41 Å². The Morgan fingerprint density at radius 1 is 1.29 bits per heavy atom. The molecule has 2 aromatic rings. The van der Waals surface area contributed by atoms with Crippen LogP contribution in [-0.2, 0) is 12.8 Å². The SMILES string of the molecule is CC(C)(CCc1ccc(Cl)cc1)CC(O)Cc1cn[nH]n1. The van der Waals surface area contributed by atoms with Crippen molar-refractivity contribution < 1.29 is 5.11 Å². The van der Waals surface area contributed by atoms with Crippen LogP contribution in [0.2, 0.25) is 5.02 Å². The highest BCUT2D eigenvalue weighted by molar-refractivity contribution is 6.30. The second-order valence-corrected chi connectivity index (χ2v) is 6.75. The van der Waals surface area contributed by atoms with E-state index >= 15 is 0 Å². The zero-order chi connectivity index (χ0) is 15.3. The number of H-pyrrole nitrogens is 1. The van der Waals surface area contributed by atoms with E-state index in [1.807, 2.05) is 12.1 Å². The Kier molecular flexibility index (Phi) is 5.37. The molecule has 1 aromatic heterocycles. The number of nitrogens with zero attached hydrogens (tertiary/aromatic N) is 2. The lowest BCUT2D eigenvalue weighted by Gasteiger charge is -2.27. The van der Waals surface area contributed by atoms with Gasteiger partial charge in [-0.2, -0.15) is 15.4 Å². The maximum absolute atomic E-state index is 10.2. The molecule has 0 amide bonds. The van der Waals surface area contributed by atoms with Crippen LogP contribution >= 0.6 is 11.6 Å². The lowest BCUT2D eigenvalue weighted by Crippen LogP contribution is -2.23. The Bertz CT molecular complexity index is 537. The van der Waals surface area contributed by atoms with Gasteiger partial charge in [-0.05, 0) is 42.4 Å². The Morgan fingerprint density at radius 2 is 2.00 bits per heavy atom. The highest BCUT2D eigenvalue weighted by Gasteiger charge is 2.22. The fourth-order valence-electron chi connectivity index (χ4n) is 2.51. The maximum Gasteiger partial charge on any atom is 0.0850 e. The number of hydrogen-bond donors (Lipinski definition) is 2.